The highest BCUT2D eigenvalue weighted by Crippen LogP contribution is 2.77. The summed E-state index contributed by atoms with van der Waals surface area (Å²) >= 11 is 0. The van der Waals surface area contributed by atoms with Crippen molar-refractivity contribution in [2.24, 2.45) is 56.7 Å². The molecule has 0 aromatic rings. The van der Waals surface area contributed by atoms with Gasteiger partial charge >= 0.3 is 5.97 Å². The van der Waals surface area contributed by atoms with Gasteiger partial charge < -0.3 is 14.2 Å². The van der Waals surface area contributed by atoms with E-state index in [1.165, 1.54) is 31.3 Å². The molecule has 6 fully saturated rings. The summed E-state index contributed by atoms with van der Waals surface area (Å²) in [7, 11) is 0. The number of ether oxygens (including phenoxy) is 3. The molecule has 10 atom stereocenters. The Labute approximate surface area is 248 Å². The van der Waals surface area contributed by atoms with E-state index in [4.69, 9.17) is 14.2 Å². The molecule has 5 saturated carbocycles. The molecule has 0 aromatic heterocycles. The predicted molar refractivity (Wildman–Crippen MR) is 160 cm³/mol. The van der Waals surface area contributed by atoms with Gasteiger partial charge in [0.15, 0.2) is 6.29 Å². The Hall–Kier alpha value is -1.20. The first-order valence-electron chi connectivity index (χ1n) is 16.8. The van der Waals surface area contributed by atoms with Gasteiger partial charge in [0.25, 0.3) is 0 Å². The molecule has 0 amide bonds. The second-order valence-electron chi connectivity index (χ2n) is 16.6. The Morgan fingerprint density at radius 2 is 1.51 bits per heavy atom. The van der Waals surface area contributed by atoms with Crippen LogP contribution in [0.15, 0.2) is 12.2 Å². The first-order chi connectivity index (χ1) is 19.2. The van der Waals surface area contributed by atoms with Crippen molar-refractivity contribution in [2.75, 3.05) is 13.2 Å². The molecule has 5 aliphatic carbocycles. The fourth-order valence-electron chi connectivity index (χ4n) is 12.9. The van der Waals surface area contributed by atoms with Gasteiger partial charge in [0.05, 0.1) is 19.6 Å². The largest absolute Gasteiger partial charge is 0.462 e. The SMILES string of the molecule is C=C(C)[C@@H]1CC[C@]2(C(=O)CC3OCCO3)CC[C@]3(C)C(CCC4[C@@]5(C)CC[C@H](OC(C)=O)C(C)(C)C5CC[C@]43C)C12. The minimum atomic E-state index is -0.358. The van der Waals surface area contributed by atoms with Crippen LogP contribution in [0.2, 0.25) is 0 Å². The molecular weight excluding hydrogens is 512 g/mol. The van der Waals surface area contributed by atoms with Crippen LogP contribution < -0.4 is 0 Å². The van der Waals surface area contributed by atoms with Crippen LogP contribution >= 0.6 is 0 Å². The lowest BCUT2D eigenvalue weighted by molar-refractivity contribution is -0.249. The normalized spacial score (nSPS) is 48.9. The van der Waals surface area contributed by atoms with Gasteiger partial charge in [0, 0.05) is 17.8 Å². The zero-order chi connectivity index (χ0) is 29.6. The van der Waals surface area contributed by atoms with E-state index in [0.29, 0.717) is 55.0 Å². The maximum Gasteiger partial charge on any atom is 0.302 e. The molecule has 4 unspecified atom stereocenters. The Balaban J connectivity index is 1.33. The lowest BCUT2D eigenvalue weighted by Crippen LogP contribution is -2.67. The molecule has 0 bridgehead atoms. The molecule has 0 aromatic carbocycles. The van der Waals surface area contributed by atoms with Crippen LogP contribution in [0.5, 0.6) is 0 Å². The molecule has 6 rings (SSSR count). The van der Waals surface area contributed by atoms with Gasteiger partial charge in [-0.2, -0.15) is 0 Å². The topological polar surface area (TPSA) is 61.8 Å². The number of esters is 1. The van der Waals surface area contributed by atoms with Crippen molar-refractivity contribution in [3.05, 3.63) is 12.2 Å². The van der Waals surface area contributed by atoms with E-state index in [1.54, 1.807) is 6.92 Å². The number of allylic oxidation sites excluding steroid dienone is 1. The van der Waals surface area contributed by atoms with Crippen LogP contribution in [0.25, 0.3) is 0 Å². The van der Waals surface area contributed by atoms with Crippen molar-refractivity contribution in [1.82, 2.24) is 0 Å². The number of hydrogen-bond acceptors (Lipinski definition) is 5. The maximum atomic E-state index is 14.3. The van der Waals surface area contributed by atoms with Crippen LogP contribution in [0.4, 0.5) is 0 Å². The number of rotatable bonds is 5. The summed E-state index contributed by atoms with van der Waals surface area (Å²) in [5, 5.41) is 0. The van der Waals surface area contributed by atoms with Crippen LogP contribution in [0, 0.1) is 56.7 Å². The van der Waals surface area contributed by atoms with Gasteiger partial charge in [-0.3, -0.25) is 9.59 Å². The van der Waals surface area contributed by atoms with Crippen molar-refractivity contribution in [3.8, 4) is 0 Å². The molecule has 1 aliphatic heterocycles. The molecule has 230 valence electrons. The van der Waals surface area contributed by atoms with Gasteiger partial charge in [-0.25, -0.2) is 0 Å². The Kier molecular flexibility index (Phi) is 7.21. The van der Waals surface area contributed by atoms with E-state index < -0.39 is 0 Å². The van der Waals surface area contributed by atoms with E-state index in [9.17, 15) is 9.59 Å². The summed E-state index contributed by atoms with van der Waals surface area (Å²) in [4.78, 5) is 26.2. The third-order valence-electron chi connectivity index (χ3n) is 14.9. The van der Waals surface area contributed by atoms with Gasteiger partial charge in [0.2, 0.25) is 0 Å². The van der Waals surface area contributed by atoms with Crippen LogP contribution in [-0.2, 0) is 23.8 Å². The highest BCUT2D eigenvalue weighted by molar-refractivity contribution is 5.86. The van der Waals surface area contributed by atoms with Crippen LogP contribution in [0.3, 0.4) is 0 Å². The molecular formula is C36H56O5. The standard InChI is InChI=1S/C36H56O5/c1-22(2)24-11-16-36(28(38)21-30-39-19-20-40-30)18-17-34(7)25(31(24)36)9-10-27-33(6)14-13-29(41-23(3)37)32(4,5)26(33)12-15-35(27,34)8/h24-27,29-31H,1,9-21H2,2-8H3/t24-,25?,26?,27?,29-,31?,33-,34+,35+,36+/m0/s1. The fraction of sp³-hybridized carbons (Fsp3) is 0.889. The third-order valence-corrected chi connectivity index (χ3v) is 14.9. The first kappa shape index (κ1) is 29.9. The summed E-state index contributed by atoms with van der Waals surface area (Å²) in [5.74, 6) is 2.81. The Morgan fingerprint density at radius 1 is 0.805 bits per heavy atom. The van der Waals surface area contributed by atoms with E-state index >= 15 is 0 Å². The van der Waals surface area contributed by atoms with E-state index in [2.05, 4.69) is 48.1 Å². The van der Waals surface area contributed by atoms with Crippen molar-refractivity contribution in [2.45, 2.75) is 131 Å². The summed E-state index contributed by atoms with van der Waals surface area (Å²) < 4.78 is 17.5. The molecule has 0 radical (unpaired) electrons. The zero-order valence-corrected chi connectivity index (χ0v) is 27.0. The number of Topliss-reactive ketones (excluding diaryl/α,β-unsaturated/α-hetero) is 1. The van der Waals surface area contributed by atoms with Crippen LogP contribution in [-0.4, -0.2) is 37.4 Å². The number of carbonyl (C=O) groups excluding carboxylic acids is 2. The number of hydrogen-bond donors (Lipinski definition) is 0. The van der Waals surface area contributed by atoms with Gasteiger partial charge in [-0.15, -0.1) is 0 Å². The smallest absolute Gasteiger partial charge is 0.302 e. The monoisotopic (exact) mass is 568 g/mol. The summed E-state index contributed by atoms with van der Waals surface area (Å²) in [5.41, 5.74) is 1.68. The van der Waals surface area contributed by atoms with Crippen molar-refractivity contribution >= 4 is 11.8 Å². The quantitative estimate of drug-likeness (QED) is 0.249. The van der Waals surface area contributed by atoms with Crippen molar-refractivity contribution < 1.29 is 23.8 Å². The van der Waals surface area contributed by atoms with Gasteiger partial charge in [0.1, 0.15) is 11.9 Å². The molecule has 5 nitrogen and oxygen atoms in total. The van der Waals surface area contributed by atoms with Crippen LogP contribution in [0.1, 0.15) is 119 Å². The molecule has 1 saturated heterocycles. The fourth-order valence-corrected chi connectivity index (χ4v) is 12.9. The van der Waals surface area contributed by atoms with Gasteiger partial charge in [-0.1, -0.05) is 46.8 Å². The summed E-state index contributed by atoms with van der Waals surface area (Å²) in [6.07, 6.45) is 11.3. The second-order valence-corrected chi connectivity index (χ2v) is 16.6. The zero-order valence-electron chi connectivity index (χ0n) is 27.0. The highest BCUT2D eigenvalue weighted by atomic mass is 16.7. The Bertz CT molecular complexity index is 1090. The predicted octanol–water partition coefficient (Wildman–Crippen LogP) is 7.91. The molecule has 0 spiro atoms. The lowest BCUT2D eigenvalue weighted by Gasteiger charge is -2.73. The summed E-state index contributed by atoms with van der Waals surface area (Å²) in [6.45, 7) is 22.1. The lowest BCUT2D eigenvalue weighted by atomic mass is 9.32. The number of fused-ring (bicyclic) bond motifs is 7. The molecule has 6 aliphatic rings. The van der Waals surface area contributed by atoms with Crippen molar-refractivity contribution in [3.63, 3.8) is 0 Å². The van der Waals surface area contributed by atoms with E-state index in [0.717, 1.165) is 38.5 Å². The number of carbonyl (C=O) groups is 2. The minimum Gasteiger partial charge on any atom is -0.462 e. The number of ketones is 1. The molecule has 5 heteroatoms. The average Bonchev–Trinajstić information content (AvgIpc) is 3.54. The first-order valence-corrected chi connectivity index (χ1v) is 16.8. The minimum absolute atomic E-state index is 0.0123. The molecule has 41 heavy (non-hydrogen) atoms. The van der Waals surface area contributed by atoms with Gasteiger partial charge in [-0.05, 0) is 117 Å². The van der Waals surface area contributed by atoms with Crippen molar-refractivity contribution in [1.29, 1.82) is 0 Å². The summed E-state index contributed by atoms with van der Waals surface area (Å²) in [6, 6.07) is 0. The second kappa shape index (κ2) is 9.91. The molecule has 0 N–H and O–H groups in total. The highest BCUT2D eigenvalue weighted by Gasteiger charge is 2.72. The van der Waals surface area contributed by atoms with E-state index in [1.807, 2.05) is 0 Å². The maximum absolute atomic E-state index is 14.3. The molecule has 1 heterocycles. The van der Waals surface area contributed by atoms with E-state index in [-0.39, 0.29) is 45.4 Å². The third kappa shape index (κ3) is 4.13. The average molecular weight is 569 g/mol. The Morgan fingerprint density at radius 3 is 2.17 bits per heavy atom.